The van der Waals surface area contributed by atoms with Gasteiger partial charge >= 0.3 is 0 Å². The Labute approximate surface area is 139 Å². The van der Waals surface area contributed by atoms with Crippen molar-refractivity contribution in [3.05, 3.63) is 0 Å². The van der Waals surface area contributed by atoms with E-state index in [1.165, 1.54) is 32.1 Å². The summed E-state index contributed by atoms with van der Waals surface area (Å²) in [4.78, 5) is 10.7. The Kier molecular flexibility index (Phi) is 11.9. The van der Waals surface area contributed by atoms with Crippen LogP contribution in [0, 0.1) is 23.7 Å². The van der Waals surface area contributed by atoms with Crippen molar-refractivity contribution in [1.29, 1.82) is 0 Å². The van der Waals surface area contributed by atoms with Gasteiger partial charge in [0.05, 0.1) is 6.10 Å². The van der Waals surface area contributed by atoms with Crippen LogP contribution >= 0.6 is 0 Å². The highest BCUT2D eigenvalue weighted by Crippen LogP contribution is 2.26. The summed E-state index contributed by atoms with van der Waals surface area (Å²) >= 11 is 0. The minimum absolute atomic E-state index is 0.0509. The highest BCUT2D eigenvalue weighted by atomic mass is 16.3. The predicted octanol–water partition coefficient (Wildman–Crippen LogP) is 5.62. The standard InChI is InChI=1S/C13H28.C7H12O2/c1-6-8-13(11(3)4)10-9-12(5)7-2;1-5(8)6-3-2-4-7(6)9/h11-13H,6-10H2,1-5H3;6-7,9H,2-4H2,1H3. The molecule has 0 amide bonds. The molecule has 4 atom stereocenters. The van der Waals surface area contributed by atoms with Crippen molar-refractivity contribution in [3.63, 3.8) is 0 Å². The van der Waals surface area contributed by atoms with Gasteiger partial charge in [0.1, 0.15) is 5.78 Å². The Hall–Kier alpha value is -0.370. The van der Waals surface area contributed by atoms with Gasteiger partial charge in [0.2, 0.25) is 0 Å². The lowest BCUT2D eigenvalue weighted by molar-refractivity contribution is -0.123. The molecule has 0 radical (unpaired) electrons. The molecule has 0 aromatic heterocycles. The number of aliphatic hydroxyl groups excluding tert-OH is 1. The van der Waals surface area contributed by atoms with E-state index < -0.39 is 0 Å². The number of Topliss-reactive ketones (excluding diaryl/α,β-unsaturated/α-hetero) is 1. The molecule has 0 aliphatic heterocycles. The van der Waals surface area contributed by atoms with Crippen LogP contribution in [0.1, 0.15) is 92.9 Å². The predicted molar refractivity (Wildman–Crippen MR) is 96.0 cm³/mol. The van der Waals surface area contributed by atoms with Gasteiger partial charge in [-0.15, -0.1) is 0 Å². The van der Waals surface area contributed by atoms with Crippen LogP contribution < -0.4 is 0 Å². The zero-order valence-electron chi connectivity index (χ0n) is 15.9. The Morgan fingerprint density at radius 3 is 2.05 bits per heavy atom. The number of ketones is 1. The first-order valence-electron chi connectivity index (χ1n) is 9.51. The van der Waals surface area contributed by atoms with Crippen LogP contribution in [-0.4, -0.2) is 17.0 Å². The average Bonchev–Trinajstić information content (AvgIpc) is 2.89. The smallest absolute Gasteiger partial charge is 0.135 e. The molecule has 0 bridgehead atoms. The third kappa shape index (κ3) is 8.92. The molecule has 1 fully saturated rings. The molecule has 2 heteroatoms. The van der Waals surface area contributed by atoms with Gasteiger partial charge in [-0.1, -0.05) is 66.7 Å². The van der Waals surface area contributed by atoms with Crippen LogP contribution in [0.4, 0.5) is 0 Å². The van der Waals surface area contributed by atoms with E-state index >= 15 is 0 Å². The minimum Gasteiger partial charge on any atom is -0.392 e. The number of carbonyl (C=O) groups excluding carboxylic acids is 1. The molecule has 1 rings (SSSR count). The molecule has 0 heterocycles. The molecular weight excluding hydrogens is 272 g/mol. The molecule has 1 N–H and O–H groups in total. The highest BCUT2D eigenvalue weighted by Gasteiger charge is 2.28. The van der Waals surface area contributed by atoms with Crippen molar-refractivity contribution >= 4 is 5.78 Å². The summed E-state index contributed by atoms with van der Waals surface area (Å²) < 4.78 is 0. The van der Waals surface area contributed by atoms with Gasteiger partial charge in [-0.25, -0.2) is 0 Å². The third-order valence-corrected chi connectivity index (χ3v) is 5.33. The number of hydrogen-bond donors (Lipinski definition) is 1. The van der Waals surface area contributed by atoms with Crippen LogP contribution in [0.5, 0.6) is 0 Å². The van der Waals surface area contributed by atoms with E-state index in [1.54, 1.807) is 6.92 Å². The highest BCUT2D eigenvalue weighted by molar-refractivity contribution is 5.79. The average molecular weight is 313 g/mol. The van der Waals surface area contributed by atoms with Crippen molar-refractivity contribution in [2.45, 2.75) is 99.0 Å². The lowest BCUT2D eigenvalue weighted by atomic mass is 9.85. The van der Waals surface area contributed by atoms with Gasteiger partial charge in [-0.2, -0.15) is 0 Å². The number of carbonyl (C=O) groups is 1. The minimum atomic E-state index is -0.345. The lowest BCUT2D eigenvalue weighted by Crippen LogP contribution is -2.19. The first kappa shape index (κ1) is 21.6. The molecule has 0 saturated heterocycles. The molecule has 22 heavy (non-hydrogen) atoms. The van der Waals surface area contributed by atoms with E-state index in [0.717, 1.165) is 37.0 Å². The largest absolute Gasteiger partial charge is 0.392 e. The van der Waals surface area contributed by atoms with Crippen molar-refractivity contribution in [2.75, 3.05) is 0 Å². The zero-order valence-corrected chi connectivity index (χ0v) is 15.9. The van der Waals surface area contributed by atoms with Gasteiger partial charge in [0.15, 0.2) is 0 Å². The molecule has 132 valence electrons. The van der Waals surface area contributed by atoms with E-state index in [9.17, 15) is 4.79 Å². The van der Waals surface area contributed by atoms with Crippen molar-refractivity contribution < 1.29 is 9.90 Å². The van der Waals surface area contributed by atoms with Gasteiger partial charge in [0, 0.05) is 5.92 Å². The van der Waals surface area contributed by atoms with E-state index in [4.69, 9.17) is 5.11 Å². The fraction of sp³-hybridized carbons (Fsp3) is 0.950. The summed E-state index contributed by atoms with van der Waals surface area (Å²) in [6, 6.07) is 0. The molecule has 0 spiro atoms. The monoisotopic (exact) mass is 312 g/mol. The Morgan fingerprint density at radius 1 is 1.09 bits per heavy atom. The Balaban J connectivity index is 0.000000425. The zero-order chi connectivity index (χ0) is 17.1. The van der Waals surface area contributed by atoms with E-state index in [-0.39, 0.29) is 17.8 Å². The van der Waals surface area contributed by atoms with Gasteiger partial charge in [-0.05, 0) is 43.9 Å². The maximum absolute atomic E-state index is 10.7. The fourth-order valence-electron chi connectivity index (χ4n) is 3.30. The summed E-state index contributed by atoms with van der Waals surface area (Å²) in [6.45, 7) is 13.3. The van der Waals surface area contributed by atoms with Gasteiger partial charge in [0.25, 0.3) is 0 Å². The second-order valence-corrected chi connectivity index (χ2v) is 7.60. The van der Waals surface area contributed by atoms with E-state index in [2.05, 4.69) is 34.6 Å². The third-order valence-electron chi connectivity index (χ3n) is 5.33. The second kappa shape index (κ2) is 12.1. The molecule has 2 nitrogen and oxygen atoms in total. The maximum atomic E-state index is 10.7. The number of hydrogen-bond acceptors (Lipinski definition) is 2. The molecular formula is C20H40O2. The van der Waals surface area contributed by atoms with Crippen LogP contribution in [0.2, 0.25) is 0 Å². The summed E-state index contributed by atoms with van der Waals surface area (Å²) in [5.74, 6) is 2.87. The molecule has 4 unspecified atom stereocenters. The quantitative estimate of drug-likeness (QED) is 0.631. The van der Waals surface area contributed by atoms with E-state index in [0.29, 0.717) is 0 Å². The SMILES string of the molecule is CC(=O)C1CCCC1O.CCCC(CCC(C)CC)C(C)C. The molecule has 0 aromatic rings. The van der Waals surface area contributed by atoms with Crippen molar-refractivity contribution in [1.82, 2.24) is 0 Å². The topological polar surface area (TPSA) is 37.3 Å². The van der Waals surface area contributed by atoms with E-state index in [1.807, 2.05) is 0 Å². The Morgan fingerprint density at radius 2 is 1.73 bits per heavy atom. The normalized spacial score (nSPS) is 23.8. The van der Waals surface area contributed by atoms with Crippen LogP contribution in [-0.2, 0) is 4.79 Å². The van der Waals surface area contributed by atoms with Crippen LogP contribution in [0.25, 0.3) is 0 Å². The second-order valence-electron chi connectivity index (χ2n) is 7.60. The van der Waals surface area contributed by atoms with Gasteiger partial charge in [-0.3, -0.25) is 4.79 Å². The number of rotatable bonds is 8. The number of aliphatic hydroxyl groups is 1. The maximum Gasteiger partial charge on any atom is 0.135 e. The van der Waals surface area contributed by atoms with Crippen molar-refractivity contribution in [3.8, 4) is 0 Å². The van der Waals surface area contributed by atoms with Crippen LogP contribution in [0.15, 0.2) is 0 Å². The molecule has 0 aromatic carbocycles. The fourth-order valence-corrected chi connectivity index (χ4v) is 3.30. The Bertz CT molecular complexity index is 285. The summed E-state index contributed by atoms with van der Waals surface area (Å²) in [7, 11) is 0. The van der Waals surface area contributed by atoms with Crippen molar-refractivity contribution in [2.24, 2.45) is 23.7 Å². The summed E-state index contributed by atoms with van der Waals surface area (Å²) in [6.07, 6.45) is 9.35. The lowest BCUT2D eigenvalue weighted by Gasteiger charge is -2.21. The summed E-state index contributed by atoms with van der Waals surface area (Å²) in [5, 5.41) is 9.14. The molecule has 1 saturated carbocycles. The molecule has 1 aliphatic rings. The first-order valence-corrected chi connectivity index (χ1v) is 9.51. The van der Waals surface area contributed by atoms with Crippen LogP contribution in [0.3, 0.4) is 0 Å². The molecule has 1 aliphatic carbocycles. The van der Waals surface area contributed by atoms with Gasteiger partial charge < -0.3 is 5.11 Å². The first-order chi connectivity index (χ1) is 10.3. The summed E-state index contributed by atoms with van der Waals surface area (Å²) in [5.41, 5.74) is 0.